The maximum Gasteiger partial charge on any atom is 0.249 e. The van der Waals surface area contributed by atoms with E-state index in [9.17, 15) is 4.79 Å². The van der Waals surface area contributed by atoms with Crippen LogP contribution in [0, 0.1) is 0 Å². The number of nitrogens with one attached hydrogen (secondary N) is 1. The highest BCUT2D eigenvalue weighted by molar-refractivity contribution is 7.10. The molecule has 0 aromatic carbocycles. The van der Waals surface area contributed by atoms with Crippen LogP contribution in [0.25, 0.3) is 0 Å². The molecule has 0 atom stereocenters. The van der Waals surface area contributed by atoms with Crippen LogP contribution in [0.5, 0.6) is 0 Å². The Bertz CT molecular complexity index is 312. The molecule has 0 unspecified atom stereocenters. The lowest BCUT2D eigenvalue weighted by Gasteiger charge is -2.01. The third kappa shape index (κ3) is 4.42. The molecule has 15 heavy (non-hydrogen) atoms. The molecule has 1 rings (SSSR count). The highest BCUT2D eigenvalue weighted by Gasteiger charge is 2.03. The molecule has 84 valence electrons. The number of carbonyl (C=O) groups excluding carboxylic acids is 1. The second-order valence-corrected chi connectivity index (χ2v) is 4.18. The number of primary amides is 1. The predicted octanol–water partition coefficient (Wildman–Crippen LogP) is 0.973. The standard InChI is InChI=1S/C10H16N2O2S/c1-14-4-2-3-12-6-9-5-8(7-15-9)10(11)13/h5,7,12H,2-4,6H2,1H3,(H2,11,13). The molecule has 0 aliphatic heterocycles. The molecule has 5 heteroatoms. The number of hydrogen-bond acceptors (Lipinski definition) is 4. The summed E-state index contributed by atoms with van der Waals surface area (Å²) in [7, 11) is 1.69. The van der Waals surface area contributed by atoms with E-state index in [-0.39, 0.29) is 5.91 Å². The molecule has 1 aromatic rings. The third-order valence-electron chi connectivity index (χ3n) is 1.94. The second-order valence-electron chi connectivity index (χ2n) is 3.19. The van der Waals surface area contributed by atoms with Gasteiger partial charge in [0, 0.05) is 30.5 Å². The summed E-state index contributed by atoms with van der Waals surface area (Å²) in [5.41, 5.74) is 5.74. The molecule has 0 fully saturated rings. The van der Waals surface area contributed by atoms with Gasteiger partial charge in [0.2, 0.25) is 5.91 Å². The molecule has 0 aliphatic rings. The van der Waals surface area contributed by atoms with E-state index in [0.29, 0.717) is 5.56 Å². The van der Waals surface area contributed by atoms with Gasteiger partial charge in [-0.25, -0.2) is 0 Å². The number of thiophene rings is 1. The number of ether oxygens (including phenoxy) is 1. The molecule has 0 aliphatic carbocycles. The molecule has 1 amide bonds. The van der Waals surface area contributed by atoms with Crippen LogP contribution in [0.15, 0.2) is 11.4 Å². The quantitative estimate of drug-likeness (QED) is 0.684. The van der Waals surface area contributed by atoms with Crippen molar-refractivity contribution in [3.8, 4) is 0 Å². The Balaban J connectivity index is 2.23. The number of hydrogen-bond donors (Lipinski definition) is 2. The molecule has 0 spiro atoms. The number of amides is 1. The van der Waals surface area contributed by atoms with Gasteiger partial charge in [-0.2, -0.15) is 0 Å². The summed E-state index contributed by atoms with van der Waals surface area (Å²) < 4.78 is 4.93. The van der Waals surface area contributed by atoms with Crippen LogP contribution in [0.4, 0.5) is 0 Å². The summed E-state index contributed by atoms with van der Waals surface area (Å²) in [5.74, 6) is -0.364. The van der Waals surface area contributed by atoms with Gasteiger partial charge in [-0.15, -0.1) is 11.3 Å². The van der Waals surface area contributed by atoms with Gasteiger partial charge in [-0.05, 0) is 19.0 Å². The molecule has 3 N–H and O–H groups in total. The first-order valence-corrected chi connectivity index (χ1v) is 5.69. The Hall–Kier alpha value is -0.910. The SMILES string of the molecule is COCCCNCc1cc(C(N)=O)cs1. The smallest absolute Gasteiger partial charge is 0.249 e. The highest BCUT2D eigenvalue weighted by atomic mass is 32.1. The van der Waals surface area contributed by atoms with Crippen LogP contribution in [-0.2, 0) is 11.3 Å². The van der Waals surface area contributed by atoms with E-state index >= 15 is 0 Å². The molecule has 0 saturated heterocycles. The van der Waals surface area contributed by atoms with E-state index < -0.39 is 0 Å². The summed E-state index contributed by atoms with van der Waals surface area (Å²) in [6.45, 7) is 2.46. The van der Waals surface area contributed by atoms with Crippen LogP contribution in [-0.4, -0.2) is 26.2 Å². The van der Waals surface area contributed by atoms with Gasteiger partial charge >= 0.3 is 0 Å². The number of rotatable bonds is 7. The van der Waals surface area contributed by atoms with E-state index in [1.807, 2.05) is 6.07 Å². The van der Waals surface area contributed by atoms with Crippen molar-refractivity contribution < 1.29 is 9.53 Å². The van der Waals surface area contributed by atoms with Crippen molar-refractivity contribution in [3.63, 3.8) is 0 Å². The van der Waals surface area contributed by atoms with E-state index in [1.165, 1.54) is 0 Å². The average Bonchev–Trinajstić information content (AvgIpc) is 2.66. The summed E-state index contributed by atoms with van der Waals surface area (Å²) >= 11 is 1.55. The fourth-order valence-electron chi connectivity index (χ4n) is 1.16. The molecule has 4 nitrogen and oxygen atoms in total. The first kappa shape index (κ1) is 12.2. The largest absolute Gasteiger partial charge is 0.385 e. The van der Waals surface area contributed by atoms with E-state index in [2.05, 4.69) is 5.32 Å². The predicted molar refractivity (Wildman–Crippen MR) is 61.0 cm³/mol. The summed E-state index contributed by atoms with van der Waals surface area (Å²) in [6.07, 6.45) is 0.991. The van der Waals surface area contributed by atoms with Crippen molar-refractivity contribution in [3.05, 3.63) is 21.9 Å². The van der Waals surface area contributed by atoms with Crippen molar-refractivity contribution in [1.82, 2.24) is 5.32 Å². The lowest BCUT2D eigenvalue weighted by Crippen LogP contribution is -2.15. The highest BCUT2D eigenvalue weighted by Crippen LogP contribution is 2.13. The zero-order chi connectivity index (χ0) is 11.1. The van der Waals surface area contributed by atoms with Crippen molar-refractivity contribution >= 4 is 17.2 Å². The van der Waals surface area contributed by atoms with Gasteiger partial charge in [0.15, 0.2) is 0 Å². The van der Waals surface area contributed by atoms with E-state index in [4.69, 9.17) is 10.5 Å². The maximum absolute atomic E-state index is 10.8. The van der Waals surface area contributed by atoms with Gasteiger partial charge in [-0.1, -0.05) is 0 Å². The lowest BCUT2D eigenvalue weighted by atomic mass is 10.3. The Morgan fingerprint density at radius 1 is 1.67 bits per heavy atom. The number of nitrogens with two attached hydrogens (primary N) is 1. The topological polar surface area (TPSA) is 64.3 Å². The average molecular weight is 228 g/mol. The van der Waals surface area contributed by atoms with Crippen LogP contribution < -0.4 is 11.1 Å². The molecular weight excluding hydrogens is 212 g/mol. The fraction of sp³-hybridized carbons (Fsp3) is 0.500. The maximum atomic E-state index is 10.8. The van der Waals surface area contributed by atoms with Gasteiger partial charge in [0.25, 0.3) is 0 Å². The zero-order valence-corrected chi connectivity index (χ0v) is 9.60. The minimum Gasteiger partial charge on any atom is -0.385 e. The minimum absolute atomic E-state index is 0.364. The molecule has 1 aromatic heterocycles. The van der Waals surface area contributed by atoms with E-state index in [1.54, 1.807) is 23.8 Å². The second kappa shape index (κ2) is 6.55. The first-order chi connectivity index (χ1) is 7.24. The zero-order valence-electron chi connectivity index (χ0n) is 8.79. The van der Waals surface area contributed by atoms with Gasteiger partial charge in [0.1, 0.15) is 0 Å². The van der Waals surface area contributed by atoms with E-state index in [0.717, 1.165) is 31.0 Å². The van der Waals surface area contributed by atoms with Crippen LogP contribution in [0.3, 0.4) is 0 Å². The van der Waals surface area contributed by atoms with Crippen molar-refractivity contribution in [2.24, 2.45) is 5.73 Å². The Kier molecular flexibility index (Phi) is 5.31. The van der Waals surface area contributed by atoms with Crippen LogP contribution in [0.2, 0.25) is 0 Å². The van der Waals surface area contributed by atoms with Crippen LogP contribution >= 0.6 is 11.3 Å². The normalized spacial score (nSPS) is 10.5. The third-order valence-corrected chi connectivity index (χ3v) is 2.88. The molecule has 0 bridgehead atoms. The monoisotopic (exact) mass is 228 g/mol. The summed E-state index contributed by atoms with van der Waals surface area (Å²) in [6, 6.07) is 1.83. The lowest BCUT2D eigenvalue weighted by molar-refractivity contribution is 0.100. The van der Waals surface area contributed by atoms with Gasteiger partial charge in [0.05, 0.1) is 5.56 Å². The molecular formula is C10H16N2O2S. The Morgan fingerprint density at radius 2 is 2.47 bits per heavy atom. The molecule has 0 radical (unpaired) electrons. The van der Waals surface area contributed by atoms with Gasteiger partial charge in [-0.3, -0.25) is 4.79 Å². The summed E-state index contributed by atoms with van der Waals surface area (Å²) in [5, 5.41) is 5.05. The van der Waals surface area contributed by atoms with Crippen molar-refractivity contribution in [2.75, 3.05) is 20.3 Å². The molecule has 0 saturated carbocycles. The minimum atomic E-state index is -0.364. The fourth-order valence-corrected chi connectivity index (χ4v) is 2.00. The van der Waals surface area contributed by atoms with Crippen LogP contribution in [0.1, 0.15) is 21.7 Å². The Labute approximate surface area is 93.4 Å². The van der Waals surface area contributed by atoms with Crippen molar-refractivity contribution in [1.29, 1.82) is 0 Å². The van der Waals surface area contributed by atoms with Crippen molar-refractivity contribution in [2.45, 2.75) is 13.0 Å². The number of methoxy groups -OCH3 is 1. The van der Waals surface area contributed by atoms with Gasteiger partial charge < -0.3 is 15.8 Å². The molecule has 1 heterocycles. The first-order valence-electron chi connectivity index (χ1n) is 4.81. The summed E-state index contributed by atoms with van der Waals surface area (Å²) in [4.78, 5) is 11.9. The number of carbonyl (C=O) groups is 1. The Morgan fingerprint density at radius 3 is 3.07 bits per heavy atom.